The zero-order chi connectivity index (χ0) is 16.9. The van der Waals surface area contributed by atoms with Crippen molar-refractivity contribution >= 4 is 33.3 Å². The van der Waals surface area contributed by atoms with Gasteiger partial charge in [-0.25, -0.2) is 13.2 Å². The molecule has 2 N–H and O–H groups in total. The van der Waals surface area contributed by atoms with Crippen molar-refractivity contribution in [3.8, 4) is 0 Å². The number of nitrogens with one attached hydrogen (secondary N) is 2. The number of benzene rings is 1. The van der Waals surface area contributed by atoms with Gasteiger partial charge in [-0.1, -0.05) is 12.5 Å². The fourth-order valence-corrected chi connectivity index (χ4v) is 4.40. The molecule has 0 saturated carbocycles. The van der Waals surface area contributed by atoms with Crippen LogP contribution in [0.5, 0.6) is 0 Å². The molecule has 1 fully saturated rings. The van der Waals surface area contributed by atoms with Gasteiger partial charge in [-0.05, 0) is 37.5 Å². The second kappa shape index (κ2) is 7.99. The van der Waals surface area contributed by atoms with E-state index >= 15 is 0 Å². The average molecular weight is 360 g/mol. The third-order valence-corrected chi connectivity index (χ3v) is 5.99. The Morgan fingerprint density at radius 2 is 1.96 bits per heavy atom. The Balaban J connectivity index is 2.21. The molecule has 0 aromatic heterocycles. The normalized spacial score (nSPS) is 16.1. The van der Waals surface area contributed by atoms with Crippen LogP contribution in [0.4, 0.5) is 10.5 Å². The summed E-state index contributed by atoms with van der Waals surface area (Å²) in [6.45, 7) is 3.21. The van der Waals surface area contributed by atoms with Crippen molar-refractivity contribution < 1.29 is 13.2 Å². The molecule has 8 heteroatoms. The predicted molar refractivity (Wildman–Crippen MR) is 91.5 cm³/mol. The molecule has 2 amide bonds. The molecule has 2 rings (SSSR count). The summed E-state index contributed by atoms with van der Waals surface area (Å²) in [7, 11) is -3.53. The molecule has 1 aromatic rings. The second-order valence-electron chi connectivity index (χ2n) is 5.51. The lowest BCUT2D eigenvalue weighted by atomic mass is 10.2. The van der Waals surface area contributed by atoms with Crippen molar-refractivity contribution in [1.29, 1.82) is 0 Å². The number of rotatable bonds is 5. The predicted octanol–water partition coefficient (Wildman–Crippen LogP) is 2.53. The number of carbonyl (C=O) groups excluding carboxylic acids is 1. The van der Waals surface area contributed by atoms with Crippen LogP contribution in [0.1, 0.15) is 24.8 Å². The van der Waals surface area contributed by atoms with Crippen LogP contribution < -0.4 is 10.6 Å². The van der Waals surface area contributed by atoms with E-state index in [1.54, 1.807) is 19.1 Å². The van der Waals surface area contributed by atoms with Crippen LogP contribution in [0.25, 0.3) is 0 Å². The number of nitrogens with zero attached hydrogens (tertiary/aromatic N) is 1. The highest BCUT2D eigenvalue weighted by Gasteiger charge is 2.27. The molecule has 1 aliphatic heterocycles. The van der Waals surface area contributed by atoms with Gasteiger partial charge in [0, 0.05) is 31.2 Å². The highest BCUT2D eigenvalue weighted by atomic mass is 35.5. The lowest BCUT2D eigenvalue weighted by Crippen LogP contribution is -2.36. The Bertz CT molecular complexity index is 658. The monoisotopic (exact) mass is 359 g/mol. The first-order valence-electron chi connectivity index (χ1n) is 7.67. The molecular formula is C15H22ClN3O3S. The minimum Gasteiger partial charge on any atom is -0.337 e. The Hall–Kier alpha value is -1.31. The van der Waals surface area contributed by atoms with Crippen LogP contribution in [-0.2, 0) is 10.0 Å². The van der Waals surface area contributed by atoms with Gasteiger partial charge in [-0.3, -0.25) is 0 Å². The molecular weight excluding hydrogens is 338 g/mol. The van der Waals surface area contributed by atoms with Gasteiger partial charge in [0.2, 0.25) is 10.0 Å². The van der Waals surface area contributed by atoms with E-state index in [4.69, 9.17) is 11.6 Å². The number of hydrogen-bond acceptors (Lipinski definition) is 3. The zero-order valence-electron chi connectivity index (χ0n) is 13.1. The molecule has 0 spiro atoms. The molecule has 0 bridgehead atoms. The van der Waals surface area contributed by atoms with Crippen LogP contribution in [0, 0.1) is 6.92 Å². The Morgan fingerprint density at radius 3 is 2.61 bits per heavy atom. The van der Waals surface area contributed by atoms with Gasteiger partial charge in [0.15, 0.2) is 0 Å². The SMILES string of the molecule is Cc1ccc(NC(=O)NCCCl)cc1S(=O)(=O)N1CCCCC1. The highest BCUT2D eigenvalue weighted by molar-refractivity contribution is 7.89. The van der Waals surface area contributed by atoms with E-state index < -0.39 is 16.1 Å². The van der Waals surface area contributed by atoms with Gasteiger partial charge in [-0.15, -0.1) is 11.6 Å². The molecule has 0 unspecified atom stereocenters. The van der Waals surface area contributed by atoms with Crippen LogP contribution in [0.2, 0.25) is 0 Å². The summed E-state index contributed by atoms with van der Waals surface area (Å²) >= 11 is 5.51. The van der Waals surface area contributed by atoms with E-state index in [-0.39, 0.29) is 4.90 Å². The van der Waals surface area contributed by atoms with Crippen molar-refractivity contribution in [2.75, 3.05) is 30.8 Å². The molecule has 1 aliphatic rings. The Morgan fingerprint density at radius 1 is 1.26 bits per heavy atom. The number of anilines is 1. The minimum atomic E-state index is -3.53. The third kappa shape index (κ3) is 4.59. The molecule has 1 saturated heterocycles. The molecule has 23 heavy (non-hydrogen) atoms. The lowest BCUT2D eigenvalue weighted by Gasteiger charge is -2.26. The van der Waals surface area contributed by atoms with Gasteiger partial charge in [-0.2, -0.15) is 4.31 Å². The lowest BCUT2D eigenvalue weighted by molar-refractivity contribution is 0.252. The van der Waals surface area contributed by atoms with Gasteiger partial charge >= 0.3 is 6.03 Å². The molecule has 0 aliphatic carbocycles. The summed E-state index contributed by atoms with van der Waals surface area (Å²) < 4.78 is 27.1. The van der Waals surface area contributed by atoms with Gasteiger partial charge < -0.3 is 10.6 Å². The number of alkyl halides is 1. The first kappa shape index (κ1) is 18.0. The van der Waals surface area contributed by atoms with E-state index in [2.05, 4.69) is 10.6 Å². The number of amides is 2. The fourth-order valence-electron chi connectivity index (χ4n) is 2.54. The smallest absolute Gasteiger partial charge is 0.319 e. The summed E-state index contributed by atoms with van der Waals surface area (Å²) in [6, 6.07) is 4.49. The van der Waals surface area contributed by atoms with Crippen LogP contribution in [0.15, 0.2) is 23.1 Å². The number of hydrogen-bond donors (Lipinski definition) is 2. The van der Waals surface area contributed by atoms with Gasteiger partial charge in [0.05, 0.1) is 4.90 Å². The van der Waals surface area contributed by atoms with Crippen molar-refractivity contribution in [3.05, 3.63) is 23.8 Å². The highest BCUT2D eigenvalue weighted by Crippen LogP contribution is 2.25. The number of carbonyl (C=O) groups is 1. The van der Waals surface area contributed by atoms with Crippen LogP contribution >= 0.6 is 11.6 Å². The topological polar surface area (TPSA) is 78.5 Å². The third-order valence-electron chi connectivity index (χ3n) is 3.76. The Labute approximate surface area is 142 Å². The standard InChI is InChI=1S/C15H22ClN3O3S/c1-12-5-6-13(18-15(20)17-8-7-16)11-14(12)23(21,22)19-9-3-2-4-10-19/h5-6,11H,2-4,7-10H2,1H3,(H2,17,18,20). The summed E-state index contributed by atoms with van der Waals surface area (Å²) in [5, 5.41) is 5.20. The quantitative estimate of drug-likeness (QED) is 0.793. The number of sulfonamides is 1. The number of piperidine rings is 1. The van der Waals surface area contributed by atoms with E-state index in [1.807, 2.05) is 0 Å². The summed E-state index contributed by atoms with van der Waals surface area (Å²) in [4.78, 5) is 11.9. The zero-order valence-corrected chi connectivity index (χ0v) is 14.7. The van der Waals surface area contributed by atoms with Gasteiger partial charge in [0.25, 0.3) is 0 Å². The van der Waals surface area contributed by atoms with Crippen molar-refractivity contribution in [3.63, 3.8) is 0 Å². The second-order valence-corrected chi connectivity index (χ2v) is 7.80. The van der Waals surface area contributed by atoms with E-state index in [1.165, 1.54) is 10.4 Å². The summed E-state index contributed by atoms with van der Waals surface area (Å²) in [5.41, 5.74) is 1.11. The maximum Gasteiger partial charge on any atom is 0.319 e. The molecule has 6 nitrogen and oxygen atoms in total. The van der Waals surface area contributed by atoms with Crippen LogP contribution in [-0.4, -0.2) is 44.3 Å². The van der Waals surface area contributed by atoms with E-state index in [0.29, 0.717) is 36.8 Å². The van der Waals surface area contributed by atoms with Crippen molar-refractivity contribution in [2.24, 2.45) is 0 Å². The molecule has 0 atom stereocenters. The number of halogens is 1. The van der Waals surface area contributed by atoms with Crippen molar-refractivity contribution in [1.82, 2.24) is 9.62 Å². The largest absolute Gasteiger partial charge is 0.337 e. The molecule has 1 aromatic carbocycles. The minimum absolute atomic E-state index is 0.245. The summed E-state index contributed by atoms with van der Waals surface area (Å²) in [6.07, 6.45) is 2.83. The summed E-state index contributed by atoms with van der Waals surface area (Å²) in [5.74, 6) is 0.315. The Kier molecular flexibility index (Phi) is 6.26. The van der Waals surface area contributed by atoms with Gasteiger partial charge in [0.1, 0.15) is 0 Å². The first-order chi connectivity index (χ1) is 10.9. The van der Waals surface area contributed by atoms with Crippen LogP contribution in [0.3, 0.4) is 0 Å². The maximum atomic E-state index is 12.8. The van der Waals surface area contributed by atoms with Crippen molar-refractivity contribution in [2.45, 2.75) is 31.1 Å². The maximum absolute atomic E-state index is 12.8. The molecule has 128 valence electrons. The molecule has 0 radical (unpaired) electrons. The average Bonchev–Trinajstić information content (AvgIpc) is 2.55. The number of urea groups is 1. The molecule has 1 heterocycles. The van der Waals surface area contributed by atoms with E-state index in [9.17, 15) is 13.2 Å². The fraction of sp³-hybridized carbons (Fsp3) is 0.533. The van der Waals surface area contributed by atoms with E-state index in [0.717, 1.165) is 19.3 Å². The first-order valence-corrected chi connectivity index (χ1v) is 9.64. The number of aryl methyl sites for hydroxylation is 1.